The van der Waals surface area contributed by atoms with Crippen LogP contribution in [-0.4, -0.2) is 32.1 Å². The Morgan fingerprint density at radius 1 is 1.17 bits per heavy atom. The van der Waals surface area contributed by atoms with Crippen molar-refractivity contribution in [3.8, 4) is 11.4 Å². The fourth-order valence-electron chi connectivity index (χ4n) is 3.72. The van der Waals surface area contributed by atoms with E-state index in [4.69, 9.17) is 10.1 Å². The Balaban J connectivity index is 1.68. The van der Waals surface area contributed by atoms with Crippen molar-refractivity contribution in [3.05, 3.63) is 36.2 Å². The van der Waals surface area contributed by atoms with Gasteiger partial charge in [-0.15, -0.1) is 0 Å². The molecular weight excluding hydrogens is 300 g/mol. The molecule has 126 valence electrons. The molecule has 1 saturated carbocycles. The maximum absolute atomic E-state index is 12.9. The third kappa shape index (κ3) is 2.52. The van der Waals surface area contributed by atoms with Crippen LogP contribution in [0.4, 0.5) is 0 Å². The van der Waals surface area contributed by atoms with E-state index in [0.717, 1.165) is 43.1 Å². The summed E-state index contributed by atoms with van der Waals surface area (Å²) in [6.07, 6.45) is 3.27. The Morgan fingerprint density at radius 2 is 1.92 bits per heavy atom. The number of fused-ring (bicyclic) bond motifs is 1. The van der Waals surface area contributed by atoms with Gasteiger partial charge in [0, 0.05) is 18.0 Å². The van der Waals surface area contributed by atoms with Gasteiger partial charge in [0.15, 0.2) is 11.6 Å². The van der Waals surface area contributed by atoms with Crippen LogP contribution in [0.3, 0.4) is 0 Å². The standard InChI is InChI=1S/C19H24N4O/c1-13(2)16-18-20-17(14-7-4-3-5-8-14)21-23(18)12-11-22(16)19(24)15-9-6-10-15/h3-5,7-8,13,15-16H,6,9-12H2,1-2H3/t16-/m0/s1. The van der Waals surface area contributed by atoms with Crippen molar-refractivity contribution in [2.45, 2.75) is 45.7 Å². The van der Waals surface area contributed by atoms with Gasteiger partial charge >= 0.3 is 0 Å². The summed E-state index contributed by atoms with van der Waals surface area (Å²) >= 11 is 0. The molecule has 1 atom stereocenters. The molecule has 4 rings (SSSR count). The lowest BCUT2D eigenvalue weighted by molar-refractivity contribution is -0.143. The molecule has 1 fully saturated rings. The van der Waals surface area contributed by atoms with Crippen molar-refractivity contribution in [1.82, 2.24) is 19.7 Å². The Morgan fingerprint density at radius 3 is 2.54 bits per heavy atom. The number of nitrogens with zero attached hydrogens (tertiary/aromatic N) is 4. The van der Waals surface area contributed by atoms with Crippen LogP contribution < -0.4 is 0 Å². The van der Waals surface area contributed by atoms with E-state index in [1.165, 1.54) is 6.42 Å². The predicted octanol–water partition coefficient (Wildman–Crippen LogP) is 3.28. The minimum absolute atomic E-state index is 0.0248. The van der Waals surface area contributed by atoms with Gasteiger partial charge in [-0.3, -0.25) is 4.79 Å². The first-order valence-electron chi connectivity index (χ1n) is 8.96. The normalized spacial score (nSPS) is 20.8. The summed E-state index contributed by atoms with van der Waals surface area (Å²) in [5.41, 5.74) is 1.03. The highest BCUT2D eigenvalue weighted by molar-refractivity contribution is 5.80. The van der Waals surface area contributed by atoms with Crippen LogP contribution in [0.15, 0.2) is 30.3 Å². The second-order valence-electron chi connectivity index (χ2n) is 7.23. The zero-order valence-electron chi connectivity index (χ0n) is 14.4. The second kappa shape index (κ2) is 6.04. The quantitative estimate of drug-likeness (QED) is 0.870. The molecule has 24 heavy (non-hydrogen) atoms. The molecule has 2 aromatic rings. The molecule has 0 spiro atoms. The topological polar surface area (TPSA) is 51.0 Å². The monoisotopic (exact) mass is 324 g/mol. The number of aromatic nitrogens is 3. The van der Waals surface area contributed by atoms with Crippen LogP contribution in [0.2, 0.25) is 0 Å². The first kappa shape index (κ1) is 15.4. The Kier molecular flexibility index (Phi) is 3.87. The van der Waals surface area contributed by atoms with E-state index in [1.807, 2.05) is 35.0 Å². The lowest BCUT2D eigenvalue weighted by atomic mass is 9.83. The van der Waals surface area contributed by atoms with Gasteiger partial charge < -0.3 is 4.90 Å². The van der Waals surface area contributed by atoms with E-state index in [2.05, 4.69) is 18.7 Å². The number of hydrogen-bond donors (Lipinski definition) is 0. The molecule has 0 N–H and O–H groups in total. The molecule has 5 heteroatoms. The zero-order valence-corrected chi connectivity index (χ0v) is 14.4. The number of carbonyl (C=O) groups excluding carboxylic acids is 1. The third-order valence-electron chi connectivity index (χ3n) is 5.25. The first-order valence-corrected chi connectivity index (χ1v) is 8.96. The van der Waals surface area contributed by atoms with Gasteiger partial charge in [-0.2, -0.15) is 5.10 Å². The largest absolute Gasteiger partial charge is 0.330 e. The van der Waals surface area contributed by atoms with Crippen LogP contribution in [0.5, 0.6) is 0 Å². The number of amides is 1. The summed E-state index contributed by atoms with van der Waals surface area (Å²) in [6, 6.07) is 10.1. The molecular formula is C19H24N4O. The molecule has 2 heterocycles. The highest BCUT2D eigenvalue weighted by Gasteiger charge is 2.39. The Hall–Kier alpha value is -2.17. The summed E-state index contributed by atoms with van der Waals surface area (Å²) in [5.74, 6) is 2.56. The lowest BCUT2D eigenvalue weighted by Crippen LogP contribution is -2.48. The molecule has 0 saturated heterocycles. The average molecular weight is 324 g/mol. The Bertz CT molecular complexity index is 733. The van der Waals surface area contributed by atoms with Crippen molar-refractivity contribution < 1.29 is 4.79 Å². The van der Waals surface area contributed by atoms with Gasteiger partial charge in [0.1, 0.15) is 0 Å². The van der Waals surface area contributed by atoms with E-state index in [0.29, 0.717) is 11.8 Å². The van der Waals surface area contributed by atoms with Crippen LogP contribution in [-0.2, 0) is 11.3 Å². The molecule has 1 aliphatic heterocycles. The van der Waals surface area contributed by atoms with Gasteiger partial charge in [-0.05, 0) is 18.8 Å². The highest BCUT2D eigenvalue weighted by Crippen LogP contribution is 2.36. The fraction of sp³-hybridized carbons (Fsp3) is 0.526. The van der Waals surface area contributed by atoms with E-state index in [9.17, 15) is 4.79 Å². The van der Waals surface area contributed by atoms with E-state index >= 15 is 0 Å². The maximum Gasteiger partial charge on any atom is 0.226 e. The van der Waals surface area contributed by atoms with Gasteiger partial charge in [0.05, 0.1) is 12.6 Å². The van der Waals surface area contributed by atoms with Crippen LogP contribution >= 0.6 is 0 Å². The lowest BCUT2D eigenvalue weighted by Gasteiger charge is -2.40. The van der Waals surface area contributed by atoms with Crippen LogP contribution in [0, 0.1) is 11.8 Å². The molecule has 0 unspecified atom stereocenters. The first-order chi connectivity index (χ1) is 11.6. The summed E-state index contributed by atoms with van der Waals surface area (Å²) < 4.78 is 2.00. The van der Waals surface area contributed by atoms with Crippen molar-refractivity contribution >= 4 is 5.91 Å². The van der Waals surface area contributed by atoms with Crippen LogP contribution in [0.1, 0.15) is 45.0 Å². The summed E-state index contributed by atoms with van der Waals surface area (Å²) in [7, 11) is 0. The van der Waals surface area contributed by atoms with Gasteiger partial charge in [-0.25, -0.2) is 9.67 Å². The molecule has 0 radical (unpaired) electrons. The van der Waals surface area contributed by atoms with Gasteiger partial charge in [0.2, 0.25) is 5.91 Å². The number of benzene rings is 1. The second-order valence-corrected chi connectivity index (χ2v) is 7.23. The smallest absolute Gasteiger partial charge is 0.226 e. The predicted molar refractivity (Wildman–Crippen MR) is 92.1 cm³/mol. The number of rotatable bonds is 3. The van der Waals surface area contributed by atoms with E-state index in [1.54, 1.807) is 0 Å². The SMILES string of the molecule is CC(C)[C@H]1c2nc(-c3ccccc3)nn2CCN1C(=O)C1CCC1. The summed E-state index contributed by atoms with van der Waals surface area (Å²) in [5, 5.41) is 4.69. The van der Waals surface area contributed by atoms with E-state index < -0.39 is 0 Å². The molecule has 1 amide bonds. The van der Waals surface area contributed by atoms with Crippen LogP contribution in [0.25, 0.3) is 11.4 Å². The maximum atomic E-state index is 12.9. The van der Waals surface area contributed by atoms with E-state index in [-0.39, 0.29) is 12.0 Å². The third-order valence-corrected chi connectivity index (χ3v) is 5.25. The molecule has 0 bridgehead atoms. The minimum Gasteiger partial charge on any atom is -0.330 e. The number of carbonyl (C=O) groups is 1. The molecule has 1 aromatic heterocycles. The molecule has 1 aliphatic carbocycles. The molecule has 2 aliphatic rings. The van der Waals surface area contributed by atoms with Crippen molar-refractivity contribution in [2.24, 2.45) is 11.8 Å². The van der Waals surface area contributed by atoms with Crippen molar-refractivity contribution in [3.63, 3.8) is 0 Å². The average Bonchev–Trinajstić information content (AvgIpc) is 2.96. The van der Waals surface area contributed by atoms with Crippen molar-refractivity contribution in [1.29, 1.82) is 0 Å². The van der Waals surface area contributed by atoms with Gasteiger partial charge in [0.25, 0.3) is 0 Å². The zero-order chi connectivity index (χ0) is 16.7. The molecule has 1 aromatic carbocycles. The highest BCUT2D eigenvalue weighted by atomic mass is 16.2. The Labute approximate surface area is 142 Å². The molecule has 5 nitrogen and oxygen atoms in total. The minimum atomic E-state index is 0.0248. The number of hydrogen-bond acceptors (Lipinski definition) is 3. The van der Waals surface area contributed by atoms with Gasteiger partial charge in [-0.1, -0.05) is 50.6 Å². The van der Waals surface area contributed by atoms with Crippen molar-refractivity contribution in [2.75, 3.05) is 6.54 Å². The summed E-state index contributed by atoms with van der Waals surface area (Å²) in [4.78, 5) is 19.7. The fourth-order valence-corrected chi connectivity index (χ4v) is 3.72. The summed E-state index contributed by atoms with van der Waals surface area (Å²) in [6.45, 7) is 5.80.